The Morgan fingerprint density at radius 2 is 1.52 bits per heavy atom. The molecular formula is C21H25N5O. The van der Waals surface area contributed by atoms with Crippen molar-refractivity contribution in [2.45, 2.75) is 13.1 Å². The summed E-state index contributed by atoms with van der Waals surface area (Å²) < 4.78 is 5.46. The van der Waals surface area contributed by atoms with Crippen molar-refractivity contribution >= 4 is 0 Å². The molecule has 2 heterocycles. The van der Waals surface area contributed by atoms with Crippen LogP contribution < -0.4 is 5.73 Å². The van der Waals surface area contributed by atoms with Gasteiger partial charge in [0.2, 0.25) is 5.82 Å². The first-order chi connectivity index (χ1) is 13.2. The molecule has 2 aromatic carbocycles. The van der Waals surface area contributed by atoms with Crippen molar-refractivity contribution in [2.24, 2.45) is 5.73 Å². The zero-order valence-electron chi connectivity index (χ0n) is 15.6. The third kappa shape index (κ3) is 4.24. The van der Waals surface area contributed by atoms with Crippen LogP contribution in [0.3, 0.4) is 0 Å². The Morgan fingerprint density at radius 3 is 2.19 bits per heavy atom. The normalized spacial score (nSPS) is 15.9. The van der Waals surface area contributed by atoms with Crippen LogP contribution in [0.5, 0.6) is 0 Å². The number of likely N-dealkylation sites (N-methyl/N-ethyl adjacent to an activating group) is 1. The summed E-state index contributed by atoms with van der Waals surface area (Å²) in [5.41, 5.74) is 9.89. The van der Waals surface area contributed by atoms with Gasteiger partial charge in [-0.25, -0.2) is 0 Å². The maximum Gasteiger partial charge on any atom is 0.258 e. The number of rotatable bonds is 5. The SMILES string of the molecule is CN1CCN(Cc2ccc(-c3nc(-c4ccc(CN)cc4)no3)cc2)CC1. The standard InChI is InChI=1S/C21H25N5O/c1-25-10-12-26(13-11-25)15-17-4-8-19(9-5-17)21-23-20(24-27-21)18-6-2-16(14-22)3-7-18/h2-9H,10-15,22H2,1H3. The molecule has 2 N–H and O–H groups in total. The molecule has 0 radical (unpaired) electrons. The van der Waals surface area contributed by atoms with Gasteiger partial charge in [-0.2, -0.15) is 4.98 Å². The number of nitrogens with zero attached hydrogens (tertiary/aromatic N) is 4. The minimum atomic E-state index is 0.526. The van der Waals surface area contributed by atoms with Crippen LogP contribution in [0.2, 0.25) is 0 Å². The molecule has 27 heavy (non-hydrogen) atoms. The van der Waals surface area contributed by atoms with Gasteiger partial charge in [-0.05, 0) is 30.3 Å². The molecule has 1 aromatic heterocycles. The highest BCUT2D eigenvalue weighted by Gasteiger charge is 2.14. The Morgan fingerprint density at radius 1 is 0.889 bits per heavy atom. The molecule has 1 fully saturated rings. The lowest BCUT2D eigenvalue weighted by Crippen LogP contribution is -2.43. The Hall–Kier alpha value is -2.54. The van der Waals surface area contributed by atoms with Gasteiger partial charge in [0.15, 0.2) is 0 Å². The van der Waals surface area contributed by atoms with Crippen LogP contribution in [-0.4, -0.2) is 53.2 Å². The molecule has 0 amide bonds. The quantitative estimate of drug-likeness (QED) is 0.751. The van der Waals surface area contributed by atoms with Crippen molar-refractivity contribution in [1.29, 1.82) is 0 Å². The minimum absolute atomic E-state index is 0.526. The highest BCUT2D eigenvalue weighted by Crippen LogP contribution is 2.23. The molecule has 0 aliphatic carbocycles. The largest absolute Gasteiger partial charge is 0.334 e. The first-order valence-electron chi connectivity index (χ1n) is 9.34. The van der Waals surface area contributed by atoms with E-state index < -0.39 is 0 Å². The number of piperazine rings is 1. The Balaban J connectivity index is 1.43. The molecule has 0 unspecified atom stereocenters. The molecule has 4 rings (SSSR count). The number of hydrogen-bond donors (Lipinski definition) is 1. The van der Waals surface area contributed by atoms with Gasteiger partial charge in [0.1, 0.15) is 0 Å². The fourth-order valence-corrected chi connectivity index (χ4v) is 3.26. The third-order valence-corrected chi connectivity index (χ3v) is 5.08. The second-order valence-corrected chi connectivity index (χ2v) is 7.10. The van der Waals surface area contributed by atoms with E-state index in [1.54, 1.807) is 0 Å². The fourth-order valence-electron chi connectivity index (χ4n) is 3.26. The summed E-state index contributed by atoms with van der Waals surface area (Å²) in [7, 11) is 2.18. The lowest BCUT2D eigenvalue weighted by Gasteiger charge is -2.32. The van der Waals surface area contributed by atoms with E-state index in [9.17, 15) is 0 Å². The van der Waals surface area contributed by atoms with Gasteiger partial charge < -0.3 is 15.2 Å². The molecular weight excluding hydrogens is 338 g/mol. The lowest BCUT2D eigenvalue weighted by molar-refractivity contribution is 0.148. The second-order valence-electron chi connectivity index (χ2n) is 7.10. The highest BCUT2D eigenvalue weighted by molar-refractivity contribution is 5.60. The van der Waals surface area contributed by atoms with Crippen LogP contribution in [0.1, 0.15) is 11.1 Å². The first-order valence-corrected chi connectivity index (χ1v) is 9.34. The van der Waals surface area contributed by atoms with Crippen LogP contribution in [0, 0.1) is 0 Å². The Kier molecular flexibility index (Phi) is 5.29. The molecule has 6 heteroatoms. The van der Waals surface area contributed by atoms with Crippen LogP contribution in [0.4, 0.5) is 0 Å². The zero-order valence-corrected chi connectivity index (χ0v) is 15.6. The van der Waals surface area contributed by atoms with Gasteiger partial charge in [-0.3, -0.25) is 4.90 Å². The van der Waals surface area contributed by atoms with Gasteiger partial charge >= 0.3 is 0 Å². The van der Waals surface area contributed by atoms with Crippen molar-refractivity contribution in [3.8, 4) is 22.8 Å². The Bertz CT molecular complexity index is 864. The summed E-state index contributed by atoms with van der Waals surface area (Å²) in [4.78, 5) is 9.40. The summed E-state index contributed by atoms with van der Waals surface area (Å²) in [6.07, 6.45) is 0. The van der Waals surface area contributed by atoms with E-state index in [0.717, 1.165) is 49.4 Å². The molecule has 1 aliphatic heterocycles. The van der Waals surface area contributed by atoms with Gasteiger partial charge in [0, 0.05) is 50.4 Å². The van der Waals surface area contributed by atoms with E-state index >= 15 is 0 Å². The third-order valence-electron chi connectivity index (χ3n) is 5.08. The van der Waals surface area contributed by atoms with Crippen LogP contribution in [-0.2, 0) is 13.1 Å². The molecule has 3 aromatic rings. The van der Waals surface area contributed by atoms with Gasteiger partial charge in [0.05, 0.1) is 0 Å². The summed E-state index contributed by atoms with van der Waals surface area (Å²) in [5.74, 6) is 1.13. The number of hydrogen-bond acceptors (Lipinski definition) is 6. The van der Waals surface area contributed by atoms with E-state index in [4.69, 9.17) is 10.3 Å². The van der Waals surface area contributed by atoms with E-state index in [0.29, 0.717) is 18.3 Å². The first kappa shape index (κ1) is 17.9. The van der Waals surface area contributed by atoms with Crippen molar-refractivity contribution < 1.29 is 4.52 Å². The maximum absolute atomic E-state index is 5.64. The maximum atomic E-state index is 5.64. The summed E-state index contributed by atoms with van der Waals surface area (Å²) >= 11 is 0. The summed E-state index contributed by atoms with van der Waals surface area (Å²) in [6.45, 7) is 6.02. The minimum Gasteiger partial charge on any atom is -0.334 e. The van der Waals surface area contributed by atoms with E-state index in [2.05, 4.69) is 51.3 Å². The van der Waals surface area contributed by atoms with Crippen LogP contribution in [0.15, 0.2) is 53.1 Å². The number of benzene rings is 2. The Labute approximate surface area is 159 Å². The van der Waals surface area contributed by atoms with Crippen LogP contribution >= 0.6 is 0 Å². The van der Waals surface area contributed by atoms with Crippen molar-refractivity contribution in [3.63, 3.8) is 0 Å². The molecule has 6 nitrogen and oxygen atoms in total. The zero-order chi connectivity index (χ0) is 18.6. The average Bonchev–Trinajstić information content (AvgIpc) is 3.21. The molecule has 1 aliphatic rings. The van der Waals surface area contributed by atoms with Crippen molar-refractivity contribution in [1.82, 2.24) is 19.9 Å². The summed E-state index contributed by atoms with van der Waals surface area (Å²) in [5, 5.41) is 4.11. The van der Waals surface area contributed by atoms with Gasteiger partial charge in [-0.15, -0.1) is 0 Å². The van der Waals surface area contributed by atoms with Crippen molar-refractivity contribution in [2.75, 3.05) is 33.2 Å². The van der Waals surface area contributed by atoms with Gasteiger partial charge in [0.25, 0.3) is 5.89 Å². The lowest BCUT2D eigenvalue weighted by atomic mass is 10.1. The number of aromatic nitrogens is 2. The second kappa shape index (κ2) is 8.00. The van der Waals surface area contributed by atoms with Gasteiger partial charge in [-0.1, -0.05) is 41.6 Å². The van der Waals surface area contributed by atoms with E-state index in [-0.39, 0.29) is 0 Å². The van der Waals surface area contributed by atoms with Crippen molar-refractivity contribution in [3.05, 3.63) is 59.7 Å². The predicted molar refractivity (Wildman–Crippen MR) is 106 cm³/mol. The molecule has 1 saturated heterocycles. The average molecular weight is 363 g/mol. The molecule has 0 spiro atoms. The number of nitrogens with two attached hydrogens (primary N) is 1. The van der Waals surface area contributed by atoms with Crippen LogP contribution in [0.25, 0.3) is 22.8 Å². The van der Waals surface area contributed by atoms with E-state index in [1.807, 2.05) is 24.3 Å². The molecule has 0 atom stereocenters. The van der Waals surface area contributed by atoms with E-state index in [1.165, 1.54) is 5.56 Å². The highest BCUT2D eigenvalue weighted by atomic mass is 16.5. The topological polar surface area (TPSA) is 71.4 Å². The molecule has 0 bridgehead atoms. The fraction of sp³-hybridized carbons (Fsp3) is 0.333. The predicted octanol–water partition coefficient (Wildman–Crippen LogP) is 2.61. The molecule has 0 saturated carbocycles. The monoisotopic (exact) mass is 363 g/mol. The smallest absolute Gasteiger partial charge is 0.258 e. The summed E-state index contributed by atoms with van der Waals surface area (Å²) in [6, 6.07) is 16.3. The molecule has 140 valence electrons.